The third kappa shape index (κ3) is 3.04. The van der Waals surface area contributed by atoms with Crippen LogP contribution in [0.2, 0.25) is 0 Å². The summed E-state index contributed by atoms with van der Waals surface area (Å²) in [6.45, 7) is 2.64. The van der Waals surface area contributed by atoms with Gasteiger partial charge in [0.25, 0.3) is 5.88 Å². The van der Waals surface area contributed by atoms with E-state index >= 15 is 0 Å². The molecule has 5 rings (SSSR count). The van der Waals surface area contributed by atoms with E-state index in [-0.39, 0.29) is 11.7 Å². The Morgan fingerprint density at radius 3 is 3.00 bits per heavy atom. The molecular weight excluding hydrogens is 401 g/mol. The maximum atomic E-state index is 14.1. The monoisotopic (exact) mass is 419 g/mol. The third-order valence-electron chi connectivity index (χ3n) is 5.26. The molecule has 0 amide bonds. The van der Waals surface area contributed by atoms with Gasteiger partial charge in [0, 0.05) is 18.8 Å². The molecule has 0 spiro atoms. The molecule has 11 heteroatoms. The van der Waals surface area contributed by atoms with Crippen LogP contribution in [-0.2, 0) is 13.6 Å². The van der Waals surface area contributed by atoms with E-state index in [0.717, 1.165) is 0 Å². The van der Waals surface area contributed by atoms with Crippen LogP contribution < -0.4 is 15.6 Å². The fourth-order valence-corrected chi connectivity index (χ4v) is 3.82. The van der Waals surface area contributed by atoms with Gasteiger partial charge in [0.1, 0.15) is 23.7 Å². The number of nitriles is 1. The summed E-state index contributed by atoms with van der Waals surface area (Å²) in [4.78, 5) is 8.74. The smallest absolute Gasteiger partial charge is 0.258 e. The van der Waals surface area contributed by atoms with Crippen LogP contribution in [0, 0.1) is 17.1 Å². The number of halogens is 1. The molecule has 2 aliphatic rings. The summed E-state index contributed by atoms with van der Waals surface area (Å²) in [5.74, 6) is -0.203. The highest BCUT2D eigenvalue weighted by atomic mass is 19.1. The molecule has 4 heterocycles. The van der Waals surface area contributed by atoms with E-state index in [0.29, 0.717) is 47.0 Å². The summed E-state index contributed by atoms with van der Waals surface area (Å²) in [7, 11) is 1.70. The standard InChI is InChI=1S/C20H18FN9O/c1-11-13-7-12(21)3-4-16(13)30-25-5-6-29(30)10-15-18(17(8-22)28(2)27-15)14-9-24-19(23)20(26-14)31-11/h3-5,7,9,11H,6,10H2,1-2H3,(H2,23,24). The molecule has 156 valence electrons. The van der Waals surface area contributed by atoms with Crippen molar-refractivity contribution >= 4 is 17.7 Å². The van der Waals surface area contributed by atoms with E-state index in [1.807, 2.05) is 5.01 Å². The van der Waals surface area contributed by atoms with Gasteiger partial charge in [-0.3, -0.25) is 4.68 Å². The summed E-state index contributed by atoms with van der Waals surface area (Å²) < 4.78 is 21.6. The quantitative estimate of drug-likeness (QED) is 0.588. The summed E-state index contributed by atoms with van der Waals surface area (Å²) in [5.41, 5.74) is 9.19. The van der Waals surface area contributed by atoms with Gasteiger partial charge < -0.3 is 10.5 Å². The van der Waals surface area contributed by atoms with Gasteiger partial charge in [-0.25, -0.2) is 14.4 Å². The molecule has 0 radical (unpaired) electrons. The number of hydrogen-bond acceptors (Lipinski definition) is 9. The van der Waals surface area contributed by atoms with Crippen molar-refractivity contribution in [1.82, 2.24) is 24.8 Å². The summed E-state index contributed by atoms with van der Waals surface area (Å²) in [6, 6.07) is 6.62. The number of hydrogen-bond donors (Lipinski definition) is 1. The number of nitrogen functional groups attached to an aromatic ring is 1. The first-order chi connectivity index (χ1) is 15.0. The van der Waals surface area contributed by atoms with Crippen molar-refractivity contribution in [2.24, 2.45) is 12.1 Å². The maximum Gasteiger partial charge on any atom is 0.258 e. The maximum absolute atomic E-state index is 14.1. The van der Waals surface area contributed by atoms with E-state index < -0.39 is 11.9 Å². The van der Waals surface area contributed by atoms with E-state index in [1.54, 1.807) is 31.4 Å². The molecule has 0 aliphatic carbocycles. The zero-order valence-corrected chi connectivity index (χ0v) is 16.8. The van der Waals surface area contributed by atoms with E-state index in [9.17, 15) is 9.65 Å². The average Bonchev–Trinajstić information content (AvgIpc) is 3.32. The van der Waals surface area contributed by atoms with Crippen molar-refractivity contribution in [2.45, 2.75) is 19.6 Å². The van der Waals surface area contributed by atoms with Crippen LogP contribution in [0.3, 0.4) is 0 Å². The van der Waals surface area contributed by atoms with Crippen LogP contribution in [0.1, 0.15) is 30.0 Å². The Hall–Kier alpha value is -4.04. The van der Waals surface area contributed by atoms with Gasteiger partial charge in [0.05, 0.1) is 41.9 Å². The Labute approximate surface area is 177 Å². The lowest BCUT2D eigenvalue weighted by molar-refractivity contribution is 0.215. The number of rotatable bonds is 0. The first-order valence-electron chi connectivity index (χ1n) is 9.58. The molecular formula is C20H18FN9O. The van der Waals surface area contributed by atoms with Gasteiger partial charge in [0.2, 0.25) is 0 Å². The number of hydrazine groups is 1. The third-order valence-corrected chi connectivity index (χ3v) is 5.26. The Morgan fingerprint density at radius 1 is 1.35 bits per heavy atom. The van der Waals surface area contributed by atoms with Gasteiger partial charge in [-0.1, -0.05) is 0 Å². The van der Waals surface area contributed by atoms with Gasteiger partial charge >= 0.3 is 0 Å². The molecule has 31 heavy (non-hydrogen) atoms. The minimum Gasteiger partial charge on any atom is -0.467 e. The van der Waals surface area contributed by atoms with Gasteiger partial charge in [-0.2, -0.15) is 25.6 Å². The largest absolute Gasteiger partial charge is 0.467 e. The lowest BCUT2D eigenvalue weighted by atomic mass is 10.1. The van der Waals surface area contributed by atoms with E-state index in [1.165, 1.54) is 23.0 Å². The molecule has 0 fully saturated rings. The molecule has 0 saturated carbocycles. The first-order valence-corrected chi connectivity index (χ1v) is 9.58. The number of hydrazone groups is 1. The molecule has 2 aromatic heterocycles. The lowest BCUT2D eigenvalue weighted by Gasteiger charge is -2.30. The zero-order valence-electron chi connectivity index (χ0n) is 16.8. The van der Waals surface area contributed by atoms with Gasteiger partial charge in [-0.15, -0.1) is 0 Å². The highest BCUT2D eigenvalue weighted by Crippen LogP contribution is 2.36. The lowest BCUT2D eigenvalue weighted by Crippen LogP contribution is -2.36. The van der Waals surface area contributed by atoms with E-state index in [4.69, 9.17) is 10.5 Å². The zero-order chi connectivity index (χ0) is 21.7. The molecule has 3 aromatic rings. The Morgan fingerprint density at radius 2 is 2.19 bits per heavy atom. The first kappa shape index (κ1) is 19.0. The van der Waals surface area contributed by atoms with Crippen molar-refractivity contribution in [3.05, 3.63) is 47.2 Å². The molecule has 2 aliphatic heterocycles. The van der Waals surface area contributed by atoms with Crippen LogP contribution in [0.25, 0.3) is 11.3 Å². The minimum atomic E-state index is -0.599. The van der Waals surface area contributed by atoms with Crippen LogP contribution in [0.5, 0.6) is 5.88 Å². The number of anilines is 2. The highest BCUT2D eigenvalue weighted by Gasteiger charge is 2.30. The van der Waals surface area contributed by atoms with Crippen molar-refractivity contribution in [1.29, 1.82) is 5.26 Å². The normalized spacial score (nSPS) is 17.6. The van der Waals surface area contributed by atoms with Crippen molar-refractivity contribution in [2.75, 3.05) is 17.4 Å². The Bertz CT molecular complexity index is 1260. The van der Waals surface area contributed by atoms with Crippen molar-refractivity contribution in [3.8, 4) is 23.2 Å². The summed E-state index contributed by atoms with van der Waals surface area (Å²) in [5, 5.41) is 22.4. The van der Waals surface area contributed by atoms with Gasteiger partial charge in [0.15, 0.2) is 5.82 Å². The molecule has 2 bridgehead atoms. The highest BCUT2D eigenvalue weighted by molar-refractivity contribution is 5.71. The number of ether oxygens (including phenoxy) is 1. The molecule has 10 nitrogen and oxygen atoms in total. The van der Waals surface area contributed by atoms with E-state index in [2.05, 4.69) is 26.2 Å². The van der Waals surface area contributed by atoms with Crippen LogP contribution in [0.4, 0.5) is 15.9 Å². The number of nitrogens with zero attached hydrogens (tertiary/aromatic N) is 8. The number of nitrogens with two attached hydrogens (primary N) is 1. The predicted molar refractivity (Wildman–Crippen MR) is 110 cm³/mol. The topological polar surface area (TPSA) is 121 Å². The predicted octanol–water partition coefficient (Wildman–Crippen LogP) is 2.15. The van der Waals surface area contributed by atoms with Gasteiger partial charge in [-0.05, 0) is 25.1 Å². The molecule has 2 N–H and O–H groups in total. The van der Waals surface area contributed by atoms with Crippen molar-refractivity contribution < 1.29 is 9.13 Å². The van der Waals surface area contributed by atoms with Crippen molar-refractivity contribution in [3.63, 3.8) is 0 Å². The Kier molecular flexibility index (Phi) is 4.30. The van der Waals surface area contributed by atoms with Crippen LogP contribution in [0.15, 0.2) is 29.5 Å². The second kappa shape index (κ2) is 7.03. The molecule has 1 aromatic carbocycles. The molecule has 1 atom stereocenters. The number of aryl methyl sites for hydroxylation is 1. The van der Waals surface area contributed by atoms with Crippen LogP contribution in [-0.4, -0.2) is 37.5 Å². The van der Waals surface area contributed by atoms with Crippen LogP contribution >= 0.6 is 0 Å². The minimum absolute atomic E-state index is 0.0929. The number of aromatic nitrogens is 4. The summed E-state index contributed by atoms with van der Waals surface area (Å²) >= 11 is 0. The SMILES string of the molecule is CC1Oc2nc(cnc2N)-c2c(nn(C)c2C#N)CN2CC=NN2c2ccc(F)cc21. The molecule has 0 saturated heterocycles. The fraction of sp³-hybridized carbons (Fsp3) is 0.250. The summed E-state index contributed by atoms with van der Waals surface area (Å²) in [6.07, 6.45) is 2.65. The number of benzene rings is 1. The molecule has 1 unspecified atom stereocenters. The average molecular weight is 419 g/mol. The Balaban J connectivity index is 1.76. The second-order valence-electron chi connectivity index (χ2n) is 7.25. The number of fused-ring (bicyclic) bond motifs is 7. The second-order valence-corrected chi connectivity index (χ2v) is 7.25. The fourth-order valence-electron chi connectivity index (χ4n) is 3.82.